The zero-order valence-electron chi connectivity index (χ0n) is 15.2. The smallest absolute Gasteiger partial charge is 0.271 e. The average molecular weight is 393 g/mol. The van der Waals surface area contributed by atoms with Crippen LogP contribution in [0.15, 0.2) is 24.7 Å². The van der Waals surface area contributed by atoms with Crippen molar-refractivity contribution in [2.45, 2.75) is 37.3 Å². The molecule has 2 aromatic heterocycles. The number of carbonyl (C=O) groups is 1. The van der Waals surface area contributed by atoms with Crippen molar-refractivity contribution in [2.75, 3.05) is 17.7 Å². The third-order valence-electron chi connectivity index (χ3n) is 4.50. The van der Waals surface area contributed by atoms with E-state index in [-0.39, 0.29) is 23.8 Å². The van der Waals surface area contributed by atoms with Gasteiger partial charge in [0.25, 0.3) is 11.8 Å². The lowest BCUT2D eigenvalue weighted by atomic mass is 9.87. The quantitative estimate of drug-likeness (QED) is 0.580. The number of anilines is 3. The number of nitrogens with one attached hydrogen (secondary N) is 2. The normalized spacial score (nSPS) is 21.0. The van der Waals surface area contributed by atoms with Gasteiger partial charge in [-0.15, -0.1) is 0 Å². The Kier molecular flexibility index (Phi) is 5.54. The molecule has 1 fully saturated rings. The summed E-state index contributed by atoms with van der Waals surface area (Å²) in [6, 6.07) is -0.390. The van der Waals surface area contributed by atoms with Crippen LogP contribution >= 0.6 is 0 Å². The zero-order valence-corrected chi connectivity index (χ0v) is 15.2. The molecule has 3 rings (SSSR count). The van der Waals surface area contributed by atoms with E-state index in [1.165, 1.54) is 25.7 Å². The number of halogens is 2. The summed E-state index contributed by atoms with van der Waals surface area (Å²) < 4.78 is 32.8. The first kappa shape index (κ1) is 19.7. The van der Waals surface area contributed by atoms with Gasteiger partial charge >= 0.3 is 0 Å². The van der Waals surface area contributed by atoms with Gasteiger partial charge < -0.3 is 26.8 Å². The number of pyridine rings is 1. The Balaban J connectivity index is 1.86. The van der Waals surface area contributed by atoms with Crippen LogP contribution in [0.5, 0.6) is 5.75 Å². The molecule has 2 heterocycles. The molecular weight excluding hydrogens is 372 g/mol. The number of aromatic nitrogens is 3. The van der Waals surface area contributed by atoms with Crippen molar-refractivity contribution < 1.29 is 18.3 Å². The maximum atomic E-state index is 13.9. The topological polar surface area (TPSA) is 141 Å². The monoisotopic (exact) mass is 393 g/mol. The average Bonchev–Trinajstić information content (AvgIpc) is 2.65. The number of carbonyl (C=O) groups excluding carboxylic acids is 1. The highest BCUT2D eigenvalue weighted by Gasteiger charge is 2.44. The number of amides is 1. The van der Waals surface area contributed by atoms with E-state index < -0.39 is 23.9 Å². The Morgan fingerprint density at radius 3 is 2.86 bits per heavy atom. The molecule has 9 nitrogen and oxygen atoms in total. The van der Waals surface area contributed by atoms with Crippen LogP contribution in [0.25, 0.3) is 0 Å². The van der Waals surface area contributed by atoms with E-state index in [1.807, 2.05) is 0 Å². The molecule has 1 saturated carbocycles. The van der Waals surface area contributed by atoms with Crippen LogP contribution in [0, 0.1) is 0 Å². The maximum absolute atomic E-state index is 13.9. The number of ether oxygens (including phenoxy) is 1. The van der Waals surface area contributed by atoms with Crippen LogP contribution in [0.3, 0.4) is 0 Å². The van der Waals surface area contributed by atoms with Crippen LogP contribution in [-0.2, 0) is 0 Å². The Hall–Kier alpha value is -3.08. The van der Waals surface area contributed by atoms with Gasteiger partial charge in [-0.3, -0.25) is 9.78 Å². The van der Waals surface area contributed by atoms with Gasteiger partial charge in [-0.05, 0) is 12.8 Å². The number of hydrogen-bond donors (Lipinski definition) is 4. The first-order valence-corrected chi connectivity index (χ1v) is 8.63. The van der Waals surface area contributed by atoms with Crippen molar-refractivity contribution in [3.63, 3.8) is 0 Å². The van der Waals surface area contributed by atoms with E-state index in [1.54, 1.807) is 6.07 Å². The lowest BCUT2D eigenvalue weighted by Crippen LogP contribution is -2.55. The highest BCUT2D eigenvalue weighted by Crippen LogP contribution is 2.33. The molecule has 28 heavy (non-hydrogen) atoms. The van der Waals surface area contributed by atoms with E-state index in [9.17, 15) is 13.6 Å². The van der Waals surface area contributed by atoms with Crippen molar-refractivity contribution in [1.29, 1.82) is 0 Å². The van der Waals surface area contributed by atoms with Crippen LogP contribution in [0.1, 0.15) is 29.8 Å². The second kappa shape index (κ2) is 7.89. The summed E-state index contributed by atoms with van der Waals surface area (Å²) in [5.74, 6) is -3.00. The fraction of sp³-hybridized carbons (Fsp3) is 0.412. The SMILES string of the molecule is COc1cncc(Nc2nc(N[C@@H]3CCCC(F)(F)[C@@H]3N)cnc2C(N)=O)c1. The van der Waals surface area contributed by atoms with Gasteiger partial charge in [-0.25, -0.2) is 18.7 Å². The molecule has 11 heteroatoms. The second-order valence-corrected chi connectivity index (χ2v) is 6.49. The molecule has 0 aromatic carbocycles. The summed E-state index contributed by atoms with van der Waals surface area (Å²) in [5.41, 5.74) is 11.4. The maximum Gasteiger partial charge on any atom is 0.271 e. The number of rotatable bonds is 6. The lowest BCUT2D eigenvalue weighted by Gasteiger charge is -2.36. The van der Waals surface area contributed by atoms with Crippen LogP contribution < -0.4 is 26.8 Å². The molecule has 150 valence electrons. The first-order chi connectivity index (χ1) is 13.3. The summed E-state index contributed by atoms with van der Waals surface area (Å²) in [7, 11) is 1.49. The van der Waals surface area contributed by atoms with Crippen molar-refractivity contribution in [1.82, 2.24) is 15.0 Å². The van der Waals surface area contributed by atoms with Crippen molar-refractivity contribution in [3.05, 3.63) is 30.4 Å². The van der Waals surface area contributed by atoms with E-state index in [0.717, 1.165) is 0 Å². The Morgan fingerprint density at radius 2 is 2.14 bits per heavy atom. The Bertz CT molecular complexity index is 865. The summed E-state index contributed by atoms with van der Waals surface area (Å²) in [4.78, 5) is 23.9. The minimum Gasteiger partial charge on any atom is -0.495 e. The number of alkyl halides is 2. The molecule has 0 saturated heterocycles. The minimum absolute atomic E-state index is 0.0590. The predicted octanol–water partition coefficient (Wildman–Crippen LogP) is 1.65. The molecule has 1 aliphatic rings. The predicted molar refractivity (Wildman–Crippen MR) is 98.8 cm³/mol. The zero-order chi connectivity index (χ0) is 20.3. The number of primary amides is 1. The lowest BCUT2D eigenvalue weighted by molar-refractivity contribution is -0.0554. The van der Waals surface area contributed by atoms with Gasteiger partial charge in [0.05, 0.1) is 37.4 Å². The summed E-state index contributed by atoms with van der Waals surface area (Å²) in [5, 5.41) is 5.79. The molecule has 2 atom stereocenters. The fourth-order valence-corrected chi connectivity index (χ4v) is 3.01. The fourth-order valence-electron chi connectivity index (χ4n) is 3.01. The van der Waals surface area contributed by atoms with Gasteiger partial charge in [0.2, 0.25) is 0 Å². The number of methoxy groups -OCH3 is 1. The standard InChI is InChI=1S/C17H21F2N7O2/c1-28-10-5-9(6-22-7-10)24-16-13(15(21)27)23-8-12(26-16)25-11-3-2-4-17(18,19)14(11)20/h5-8,11,14H,2-4,20H2,1H3,(H2,21,27)(H2,24,25,26)/t11-,14-/m1/s1. The number of hydrogen-bond acceptors (Lipinski definition) is 8. The summed E-state index contributed by atoms with van der Waals surface area (Å²) in [6.45, 7) is 0. The molecule has 0 unspecified atom stereocenters. The molecule has 0 spiro atoms. The second-order valence-electron chi connectivity index (χ2n) is 6.49. The summed E-state index contributed by atoms with van der Waals surface area (Å²) >= 11 is 0. The van der Waals surface area contributed by atoms with Gasteiger partial charge in [-0.1, -0.05) is 0 Å². The highest BCUT2D eigenvalue weighted by molar-refractivity contribution is 5.96. The number of nitrogens with two attached hydrogens (primary N) is 2. The van der Waals surface area contributed by atoms with Crippen molar-refractivity contribution in [3.8, 4) is 5.75 Å². The van der Waals surface area contributed by atoms with Gasteiger partial charge in [0, 0.05) is 18.5 Å². The van der Waals surface area contributed by atoms with Gasteiger partial charge in [-0.2, -0.15) is 0 Å². The van der Waals surface area contributed by atoms with Crippen molar-refractivity contribution in [2.24, 2.45) is 11.5 Å². The molecular formula is C17H21F2N7O2. The van der Waals surface area contributed by atoms with Crippen molar-refractivity contribution >= 4 is 23.2 Å². The number of nitrogens with zero attached hydrogens (tertiary/aromatic N) is 3. The summed E-state index contributed by atoms with van der Waals surface area (Å²) in [6.07, 6.45) is 4.83. The van der Waals surface area contributed by atoms with Crippen LogP contribution in [0.4, 0.5) is 26.1 Å². The molecule has 0 radical (unpaired) electrons. The van der Waals surface area contributed by atoms with Gasteiger partial charge in [0.15, 0.2) is 11.5 Å². The van der Waals surface area contributed by atoms with E-state index >= 15 is 0 Å². The van der Waals surface area contributed by atoms with E-state index in [2.05, 4.69) is 25.6 Å². The van der Waals surface area contributed by atoms with Crippen LogP contribution in [-0.4, -0.2) is 46.0 Å². The Morgan fingerprint density at radius 1 is 1.36 bits per heavy atom. The molecule has 1 amide bonds. The molecule has 6 N–H and O–H groups in total. The van der Waals surface area contributed by atoms with Crippen LogP contribution in [0.2, 0.25) is 0 Å². The van der Waals surface area contributed by atoms with E-state index in [0.29, 0.717) is 24.3 Å². The largest absolute Gasteiger partial charge is 0.495 e. The molecule has 0 bridgehead atoms. The third-order valence-corrected chi connectivity index (χ3v) is 4.50. The highest BCUT2D eigenvalue weighted by atomic mass is 19.3. The molecule has 0 aliphatic heterocycles. The molecule has 2 aromatic rings. The first-order valence-electron chi connectivity index (χ1n) is 8.63. The van der Waals surface area contributed by atoms with Gasteiger partial charge in [0.1, 0.15) is 11.6 Å². The minimum atomic E-state index is -2.95. The Labute approximate surface area is 159 Å². The van der Waals surface area contributed by atoms with E-state index in [4.69, 9.17) is 16.2 Å². The third kappa shape index (κ3) is 4.25. The molecule has 1 aliphatic carbocycles.